The van der Waals surface area contributed by atoms with E-state index in [2.05, 4.69) is 153 Å². The Bertz CT molecular complexity index is 1460. The van der Waals surface area contributed by atoms with Crippen molar-refractivity contribution < 1.29 is 18.4 Å². The second kappa shape index (κ2) is 13.6. The Morgan fingerprint density at radius 1 is 0.500 bits per heavy atom. The van der Waals surface area contributed by atoms with Crippen LogP contribution in [0.25, 0.3) is 22.3 Å². The summed E-state index contributed by atoms with van der Waals surface area (Å²) in [5, 5.41) is 0. The van der Waals surface area contributed by atoms with Crippen molar-refractivity contribution in [3.05, 3.63) is 133 Å². The summed E-state index contributed by atoms with van der Waals surface area (Å²) in [5.74, 6) is 0. The van der Waals surface area contributed by atoms with Gasteiger partial charge in [0.2, 0.25) is 0 Å². The zero-order valence-corrected chi connectivity index (χ0v) is 23.8. The summed E-state index contributed by atoms with van der Waals surface area (Å²) >= 11 is 0. The van der Waals surface area contributed by atoms with Gasteiger partial charge in [0, 0.05) is 59.7 Å². The van der Waals surface area contributed by atoms with Crippen LogP contribution in [0.5, 0.6) is 0 Å². The molecule has 4 aromatic heterocycles. The van der Waals surface area contributed by atoms with Gasteiger partial charge in [0.1, 0.15) is 7.05 Å². The molecule has 5 nitrogen and oxygen atoms in total. The summed E-state index contributed by atoms with van der Waals surface area (Å²) in [6.07, 6.45) is 22.1. The third-order valence-electron chi connectivity index (χ3n) is 7.33. The van der Waals surface area contributed by atoms with Crippen molar-refractivity contribution in [3.8, 4) is 22.3 Å². The van der Waals surface area contributed by atoms with Gasteiger partial charge < -0.3 is 0 Å². The number of aryl methyl sites for hydroxylation is 1. The molecule has 0 amide bonds. The van der Waals surface area contributed by atoms with Gasteiger partial charge in [-0.1, -0.05) is 55.1 Å². The van der Waals surface area contributed by atoms with Crippen LogP contribution in [0, 0.1) is 0 Å². The van der Waals surface area contributed by atoms with Crippen LogP contribution in [0.2, 0.25) is 0 Å². The van der Waals surface area contributed by atoms with Gasteiger partial charge in [-0.05, 0) is 28.7 Å². The van der Waals surface area contributed by atoms with Crippen LogP contribution in [0.15, 0.2) is 122 Å². The van der Waals surface area contributed by atoms with Crippen LogP contribution in [-0.4, -0.2) is 6.54 Å². The largest absolute Gasteiger partial charge is 0.208 e. The van der Waals surface area contributed by atoms with Crippen molar-refractivity contribution >= 4 is 0 Å². The molecule has 1 aromatic carbocycles. The molecule has 202 valence electrons. The molecule has 4 heterocycles. The molecule has 1 N–H and O–H groups in total. The molecule has 5 heteroatoms. The highest BCUT2D eigenvalue weighted by Gasteiger charge is 2.09. The van der Waals surface area contributed by atoms with E-state index in [1.165, 1.54) is 59.1 Å². The third kappa shape index (κ3) is 7.60. The molecular formula is C35H41N5+4. The van der Waals surface area contributed by atoms with Gasteiger partial charge in [-0.3, -0.25) is 0 Å². The first kappa shape index (κ1) is 27.2. The predicted octanol–water partition coefficient (Wildman–Crippen LogP) is 4.93. The molecule has 0 aliphatic carbocycles. The Kier molecular flexibility index (Phi) is 9.25. The first-order valence-electron chi connectivity index (χ1n) is 14.4. The van der Waals surface area contributed by atoms with E-state index in [1.807, 2.05) is 7.05 Å². The van der Waals surface area contributed by atoms with E-state index in [-0.39, 0.29) is 0 Å². The van der Waals surface area contributed by atoms with Crippen molar-refractivity contribution in [2.45, 2.75) is 45.7 Å². The fraction of sp³-hybridized carbons (Fsp3) is 0.257. The average Bonchev–Trinajstić information content (AvgIpc) is 3.00. The zero-order chi connectivity index (χ0) is 27.6. The molecule has 0 aliphatic heterocycles. The minimum absolute atomic E-state index is 0.855. The molecule has 0 aliphatic rings. The predicted molar refractivity (Wildman–Crippen MR) is 159 cm³/mol. The molecule has 0 atom stereocenters. The van der Waals surface area contributed by atoms with E-state index in [4.69, 9.17) is 0 Å². The fourth-order valence-electron chi connectivity index (χ4n) is 4.86. The Balaban J connectivity index is 1.12. The minimum Gasteiger partial charge on any atom is -0.208 e. The number of unbranched alkanes of at least 4 members (excludes halogenated alkanes) is 3. The van der Waals surface area contributed by atoms with Crippen molar-refractivity contribution in [1.29, 1.82) is 0 Å². The van der Waals surface area contributed by atoms with Gasteiger partial charge in [0.15, 0.2) is 62.7 Å². The Labute approximate surface area is 238 Å². The monoisotopic (exact) mass is 531 g/mol. The van der Waals surface area contributed by atoms with Crippen molar-refractivity contribution in [1.82, 2.24) is 0 Å². The molecule has 0 saturated carbocycles. The van der Waals surface area contributed by atoms with Gasteiger partial charge in [0.05, 0.1) is 6.54 Å². The first-order chi connectivity index (χ1) is 19.7. The molecule has 0 unspecified atom stereocenters. The standard InChI is InChI=1S/C35H40N5/c1-3-4-5-6-19-36-40-26-17-35(18-27-40)34-15-24-39(25-16-34)29-31-9-7-30(8-10-31)28-38-22-13-33(14-23-38)32-11-20-37(2)21-12-32/h7-18,20-27H,3-6,19,28-29H2,1-2H3/q+3/p+1. The van der Waals surface area contributed by atoms with Crippen LogP contribution in [0.3, 0.4) is 0 Å². The molecule has 0 fully saturated rings. The van der Waals surface area contributed by atoms with E-state index in [1.54, 1.807) is 0 Å². The number of rotatable bonds is 12. The summed E-state index contributed by atoms with van der Waals surface area (Å²) in [5.41, 5.74) is 11.0. The maximum atomic E-state index is 3.46. The molecule has 0 spiro atoms. The smallest absolute Gasteiger partial charge is 0.200 e. The van der Waals surface area contributed by atoms with Crippen LogP contribution < -0.4 is 23.8 Å². The average molecular weight is 532 g/mol. The van der Waals surface area contributed by atoms with E-state index < -0.39 is 0 Å². The van der Waals surface area contributed by atoms with Gasteiger partial charge in [-0.2, -0.15) is 5.43 Å². The lowest BCUT2D eigenvalue weighted by atomic mass is 10.1. The maximum Gasteiger partial charge on any atom is 0.200 e. The van der Waals surface area contributed by atoms with Gasteiger partial charge in [-0.25, -0.2) is 13.7 Å². The topological polar surface area (TPSA) is 27.5 Å². The minimum atomic E-state index is 0.855. The number of benzene rings is 1. The molecule has 0 radical (unpaired) electrons. The SMILES string of the molecule is CCCCCCN[n+]1ccc(-c2cc[n+](Cc3ccc(C[n+]4ccc(-c5cc[n+](C)cc5)cc4)cc3)cc2)cc1. The summed E-state index contributed by atoms with van der Waals surface area (Å²) < 4.78 is 8.57. The third-order valence-corrected chi connectivity index (χ3v) is 7.33. The Hall–Kier alpha value is -4.38. The van der Waals surface area contributed by atoms with Gasteiger partial charge >= 0.3 is 0 Å². The zero-order valence-electron chi connectivity index (χ0n) is 23.8. The van der Waals surface area contributed by atoms with Crippen molar-refractivity contribution in [3.63, 3.8) is 0 Å². The summed E-state index contributed by atoms with van der Waals surface area (Å²) in [4.78, 5) is 0. The lowest BCUT2D eigenvalue weighted by Gasteiger charge is -2.04. The maximum absolute atomic E-state index is 3.46. The number of hydrogen-bond acceptors (Lipinski definition) is 1. The van der Waals surface area contributed by atoms with Crippen LogP contribution in [-0.2, 0) is 20.1 Å². The summed E-state index contributed by atoms with van der Waals surface area (Å²) in [6.45, 7) is 4.97. The highest BCUT2D eigenvalue weighted by atomic mass is 15.4. The number of hydrogen-bond donors (Lipinski definition) is 1. The van der Waals surface area contributed by atoms with E-state index >= 15 is 0 Å². The van der Waals surface area contributed by atoms with Crippen molar-refractivity contribution in [2.24, 2.45) is 7.05 Å². The van der Waals surface area contributed by atoms with Crippen molar-refractivity contribution in [2.75, 3.05) is 12.0 Å². The molecule has 0 bridgehead atoms. The number of nitrogens with zero attached hydrogens (tertiary/aromatic N) is 4. The Morgan fingerprint density at radius 2 is 0.925 bits per heavy atom. The fourth-order valence-corrected chi connectivity index (χ4v) is 4.86. The lowest BCUT2D eigenvalue weighted by Crippen LogP contribution is -2.44. The first-order valence-corrected chi connectivity index (χ1v) is 14.4. The number of pyridine rings is 4. The summed E-state index contributed by atoms with van der Waals surface area (Å²) in [7, 11) is 2.04. The Morgan fingerprint density at radius 3 is 1.38 bits per heavy atom. The number of aromatic nitrogens is 4. The lowest BCUT2D eigenvalue weighted by molar-refractivity contribution is -0.688. The molecule has 5 rings (SSSR count). The number of nitrogens with one attached hydrogen (secondary N) is 1. The highest BCUT2D eigenvalue weighted by molar-refractivity contribution is 5.61. The van der Waals surface area contributed by atoms with E-state index in [0.717, 1.165) is 19.6 Å². The van der Waals surface area contributed by atoms with Gasteiger partial charge in [-0.15, -0.1) is 0 Å². The molecular weight excluding hydrogens is 490 g/mol. The van der Waals surface area contributed by atoms with Gasteiger partial charge in [0.25, 0.3) is 0 Å². The quantitative estimate of drug-likeness (QED) is 0.179. The second-order valence-corrected chi connectivity index (χ2v) is 10.5. The molecule has 5 aromatic rings. The molecule has 40 heavy (non-hydrogen) atoms. The van der Waals surface area contributed by atoms with E-state index in [9.17, 15) is 0 Å². The molecule has 0 saturated heterocycles. The normalized spacial score (nSPS) is 10.9. The van der Waals surface area contributed by atoms with Crippen LogP contribution in [0.4, 0.5) is 0 Å². The summed E-state index contributed by atoms with van der Waals surface area (Å²) in [6, 6.07) is 26.3. The highest BCUT2D eigenvalue weighted by Crippen LogP contribution is 2.17. The second-order valence-electron chi connectivity index (χ2n) is 10.5. The van der Waals surface area contributed by atoms with Crippen LogP contribution >= 0.6 is 0 Å². The van der Waals surface area contributed by atoms with Crippen LogP contribution in [0.1, 0.15) is 43.7 Å². The van der Waals surface area contributed by atoms with E-state index in [0.29, 0.717) is 0 Å².